The van der Waals surface area contributed by atoms with E-state index in [0.29, 0.717) is 5.41 Å². The summed E-state index contributed by atoms with van der Waals surface area (Å²) in [4.78, 5) is 2.55. The fourth-order valence-corrected chi connectivity index (χ4v) is 2.75. The highest BCUT2D eigenvalue weighted by atomic mass is 15.2. The Morgan fingerprint density at radius 2 is 2.12 bits per heavy atom. The van der Waals surface area contributed by atoms with Crippen LogP contribution < -0.4 is 10.2 Å². The van der Waals surface area contributed by atoms with Gasteiger partial charge in [-0.25, -0.2) is 0 Å². The molecule has 2 rings (SSSR count). The monoisotopic (exact) mass is 232 g/mol. The van der Waals surface area contributed by atoms with Gasteiger partial charge in [0.05, 0.1) is 0 Å². The summed E-state index contributed by atoms with van der Waals surface area (Å²) in [6.45, 7) is 8.09. The van der Waals surface area contributed by atoms with E-state index in [1.807, 2.05) is 7.05 Å². The maximum Gasteiger partial charge on any atom is 0.0399 e. The molecule has 1 aliphatic rings. The Hall–Kier alpha value is -1.02. The van der Waals surface area contributed by atoms with Crippen LogP contribution in [-0.2, 0) is 6.42 Å². The van der Waals surface area contributed by atoms with Crippen molar-refractivity contribution in [1.82, 2.24) is 5.32 Å². The molecule has 94 valence electrons. The fourth-order valence-electron chi connectivity index (χ4n) is 2.75. The van der Waals surface area contributed by atoms with Crippen LogP contribution in [0, 0.1) is 5.41 Å². The van der Waals surface area contributed by atoms with Crippen LogP contribution in [0.15, 0.2) is 24.3 Å². The summed E-state index contributed by atoms with van der Waals surface area (Å²) >= 11 is 0. The first-order chi connectivity index (χ1) is 8.18. The standard InChI is InChI=1S/C15H24N2/c1-4-15(2,11-16-3)12-17-10-9-13-7-5-6-8-14(13)17/h5-8,16H,4,9-12H2,1-3H3. The highest BCUT2D eigenvalue weighted by Gasteiger charge is 2.28. The first kappa shape index (κ1) is 12.4. The molecule has 0 aromatic heterocycles. The molecule has 0 amide bonds. The Kier molecular flexibility index (Phi) is 3.72. The van der Waals surface area contributed by atoms with Crippen molar-refractivity contribution in [2.24, 2.45) is 5.41 Å². The van der Waals surface area contributed by atoms with Crippen molar-refractivity contribution in [1.29, 1.82) is 0 Å². The lowest BCUT2D eigenvalue weighted by Crippen LogP contribution is -2.40. The minimum Gasteiger partial charge on any atom is -0.370 e. The van der Waals surface area contributed by atoms with E-state index in [1.54, 1.807) is 0 Å². The lowest BCUT2D eigenvalue weighted by Gasteiger charge is -2.34. The Morgan fingerprint density at radius 3 is 2.82 bits per heavy atom. The zero-order valence-corrected chi connectivity index (χ0v) is 11.3. The van der Waals surface area contributed by atoms with Gasteiger partial charge in [0, 0.05) is 25.3 Å². The second kappa shape index (κ2) is 5.09. The summed E-state index contributed by atoms with van der Waals surface area (Å²) in [7, 11) is 2.05. The molecule has 0 radical (unpaired) electrons. The van der Waals surface area contributed by atoms with E-state index in [1.165, 1.54) is 30.6 Å². The number of rotatable bonds is 5. The van der Waals surface area contributed by atoms with Gasteiger partial charge in [0.1, 0.15) is 0 Å². The van der Waals surface area contributed by atoms with Gasteiger partial charge in [-0.2, -0.15) is 0 Å². The van der Waals surface area contributed by atoms with Gasteiger partial charge in [-0.1, -0.05) is 32.0 Å². The van der Waals surface area contributed by atoms with Gasteiger partial charge in [0.15, 0.2) is 0 Å². The predicted octanol–water partition coefficient (Wildman–Crippen LogP) is 2.68. The van der Waals surface area contributed by atoms with Crippen LogP contribution in [0.4, 0.5) is 5.69 Å². The first-order valence-corrected chi connectivity index (χ1v) is 6.66. The van der Waals surface area contributed by atoms with Crippen LogP contribution in [0.5, 0.6) is 0 Å². The maximum atomic E-state index is 3.33. The van der Waals surface area contributed by atoms with Crippen molar-refractivity contribution in [2.45, 2.75) is 26.7 Å². The number of hydrogen-bond donors (Lipinski definition) is 1. The normalized spacial score (nSPS) is 17.9. The van der Waals surface area contributed by atoms with Gasteiger partial charge in [0.2, 0.25) is 0 Å². The number of nitrogens with zero attached hydrogens (tertiary/aromatic N) is 1. The van der Waals surface area contributed by atoms with Crippen LogP contribution in [0.2, 0.25) is 0 Å². The van der Waals surface area contributed by atoms with Crippen molar-refractivity contribution >= 4 is 5.69 Å². The topological polar surface area (TPSA) is 15.3 Å². The van der Waals surface area contributed by atoms with E-state index in [9.17, 15) is 0 Å². The zero-order valence-electron chi connectivity index (χ0n) is 11.3. The summed E-state index contributed by atoms with van der Waals surface area (Å²) in [6.07, 6.45) is 2.42. The summed E-state index contributed by atoms with van der Waals surface area (Å²) in [5.41, 5.74) is 3.32. The number of para-hydroxylation sites is 1. The largest absolute Gasteiger partial charge is 0.370 e. The first-order valence-electron chi connectivity index (χ1n) is 6.66. The average Bonchev–Trinajstić information content (AvgIpc) is 2.73. The van der Waals surface area contributed by atoms with Crippen LogP contribution in [0.1, 0.15) is 25.8 Å². The zero-order chi connectivity index (χ0) is 12.3. The SMILES string of the molecule is CCC(C)(CNC)CN1CCc2ccccc21. The lowest BCUT2D eigenvalue weighted by atomic mass is 9.87. The molecule has 0 bridgehead atoms. The van der Waals surface area contributed by atoms with Gasteiger partial charge in [0.25, 0.3) is 0 Å². The lowest BCUT2D eigenvalue weighted by molar-refractivity contribution is 0.305. The van der Waals surface area contributed by atoms with Gasteiger partial charge >= 0.3 is 0 Å². The third kappa shape index (κ3) is 2.63. The third-order valence-electron chi connectivity index (χ3n) is 4.01. The molecule has 1 aromatic rings. The minimum absolute atomic E-state index is 0.367. The van der Waals surface area contributed by atoms with Gasteiger partial charge in [-0.3, -0.25) is 0 Å². The van der Waals surface area contributed by atoms with Crippen LogP contribution in [0.25, 0.3) is 0 Å². The van der Waals surface area contributed by atoms with Crippen molar-refractivity contribution < 1.29 is 0 Å². The van der Waals surface area contributed by atoms with Crippen molar-refractivity contribution in [3.63, 3.8) is 0 Å². The summed E-state index contributed by atoms with van der Waals surface area (Å²) in [5, 5.41) is 3.33. The molecule has 0 saturated heterocycles. The second-order valence-electron chi connectivity index (χ2n) is 5.49. The molecule has 17 heavy (non-hydrogen) atoms. The molecular weight excluding hydrogens is 208 g/mol. The second-order valence-corrected chi connectivity index (χ2v) is 5.49. The molecule has 1 heterocycles. The average molecular weight is 232 g/mol. The Morgan fingerprint density at radius 1 is 1.35 bits per heavy atom. The molecule has 0 fully saturated rings. The third-order valence-corrected chi connectivity index (χ3v) is 4.01. The maximum absolute atomic E-state index is 3.33. The summed E-state index contributed by atoms with van der Waals surface area (Å²) in [5.74, 6) is 0. The van der Waals surface area contributed by atoms with E-state index in [0.717, 1.165) is 13.1 Å². The van der Waals surface area contributed by atoms with E-state index in [4.69, 9.17) is 0 Å². The molecule has 1 atom stereocenters. The molecule has 1 aliphatic heterocycles. The van der Waals surface area contributed by atoms with E-state index in [-0.39, 0.29) is 0 Å². The highest BCUT2D eigenvalue weighted by molar-refractivity contribution is 5.57. The molecule has 1 unspecified atom stereocenters. The van der Waals surface area contributed by atoms with Crippen LogP contribution >= 0.6 is 0 Å². The molecule has 2 heteroatoms. The molecular formula is C15H24N2. The predicted molar refractivity (Wildman–Crippen MR) is 74.7 cm³/mol. The van der Waals surface area contributed by atoms with E-state index in [2.05, 4.69) is 48.3 Å². The quantitative estimate of drug-likeness (QED) is 0.839. The van der Waals surface area contributed by atoms with Crippen molar-refractivity contribution in [2.75, 3.05) is 31.6 Å². The molecule has 0 spiro atoms. The molecule has 1 aromatic carbocycles. The number of nitrogens with one attached hydrogen (secondary N) is 1. The van der Waals surface area contributed by atoms with Crippen LogP contribution in [-0.4, -0.2) is 26.7 Å². The van der Waals surface area contributed by atoms with Crippen molar-refractivity contribution in [3.8, 4) is 0 Å². The van der Waals surface area contributed by atoms with Gasteiger partial charge in [-0.15, -0.1) is 0 Å². The Balaban J connectivity index is 2.10. The number of hydrogen-bond acceptors (Lipinski definition) is 2. The summed E-state index contributed by atoms with van der Waals surface area (Å²) < 4.78 is 0. The van der Waals surface area contributed by atoms with Crippen molar-refractivity contribution in [3.05, 3.63) is 29.8 Å². The number of fused-ring (bicyclic) bond motifs is 1. The Labute approximate surface area is 105 Å². The smallest absolute Gasteiger partial charge is 0.0399 e. The number of benzene rings is 1. The number of anilines is 1. The van der Waals surface area contributed by atoms with E-state index >= 15 is 0 Å². The highest BCUT2D eigenvalue weighted by Crippen LogP contribution is 2.31. The van der Waals surface area contributed by atoms with Gasteiger partial charge < -0.3 is 10.2 Å². The fraction of sp³-hybridized carbons (Fsp3) is 0.600. The molecule has 1 N–H and O–H groups in total. The summed E-state index contributed by atoms with van der Waals surface area (Å²) in [6, 6.07) is 8.82. The molecule has 0 saturated carbocycles. The Bertz CT molecular complexity index is 375. The van der Waals surface area contributed by atoms with E-state index < -0.39 is 0 Å². The minimum atomic E-state index is 0.367. The molecule has 2 nitrogen and oxygen atoms in total. The van der Waals surface area contributed by atoms with Gasteiger partial charge in [-0.05, 0) is 36.9 Å². The molecule has 0 aliphatic carbocycles. The van der Waals surface area contributed by atoms with Crippen LogP contribution in [0.3, 0.4) is 0 Å².